The summed E-state index contributed by atoms with van der Waals surface area (Å²) in [7, 11) is 2.89. The average Bonchev–Trinajstić information content (AvgIpc) is 3.14. The Morgan fingerprint density at radius 1 is 1.18 bits per heavy atom. The van der Waals surface area contributed by atoms with Crippen molar-refractivity contribution in [1.82, 2.24) is 4.90 Å². The minimum Gasteiger partial charge on any atom is -0.490 e. The first-order valence-corrected chi connectivity index (χ1v) is 16.1. The third kappa shape index (κ3) is 5.50. The molecule has 1 saturated carbocycles. The van der Waals surface area contributed by atoms with E-state index < -0.39 is 24.1 Å². The zero-order chi connectivity index (χ0) is 31.2. The summed E-state index contributed by atoms with van der Waals surface area (Å²) >= 11 is 6.41. The Kier molecular flexibility index (Phi) is 8.46. The second-order valence-corrected chi connectivity index (χ2v) is 13.8. The van der Waals surface area contributed by atoms with Gasteiger partial charge in [-0.3, -0.25) is 4.79 Å². The Labute approximate surface area is 264 Å². The summed E-state index contributed by atoms with van der Waals surface area (Å²) in [5, 5.41) is 23.8. The van der Waals surface area contributed by atoms with Crippen LogP contribution in [0.1, 0.15) is 62.1 Å². The van der Waals surface area contributed by atoms with Crippen molar-refractivity contribution < 1.29 is 29.3 Å². The number of hydrogen-bond acceptors (Lipinski definition) is 7. The van der Waals surface area contributed by atoms with E-state index in [0.29, 0.717) is 31.9 Å². The van der Waals surface area contributed by atoms with Gasteiger partial charge < -0.3 is 29.5 Å². The minimum atomic E-state index is -2.18. The molecule has 0 radical (unpaired) electrons. The molecule has 6 atom stereocenters. The average molecular weight is 623 g/mol. The first-order chi connectivity index (χ1) is 21.0. The molecule has 1 amide bonds. The highest BCUT2D eigenvalue weighted by Gasteiger charge is 2.46. The van der Waals surface area contributed by atoms with Gasteiger partial charge in [-0.25, -0.2) is 4.79 Å². The normalized spacial score (nSPS) is 32.9. The van der Waals surface area contributed by atoms with E-state index in [4.69, 9.17) is 21.1 Å². The van der Waals surface area contributed by atoms with Crippen molar-refractivity contribution in [1.29, 1.82) is 0 Å². The molecule has 9 heteroatoms. The minimum absolute atomic E-state index is 0.116. The van der Waals surface area contributed by atoms with Crippen molar-refractivity contribution >= 4 is 29.2 Å². The smallest absolute Gasteiger partial charge is 0.343 e. The zero-order valence-electron chi connectivity index (χ0n) is 25.8. The second kappa shape index (κ2) is 12.0. The van der Waals surface area contributed by atoms with Gasteiger partial charge in [-0.2, -0.15) is 0 Å². The largest absolute Gasteiger partial charge is 0.490 e. The van der Waals surface area contributed by atoms with Gasteiger partial charge in [0.15, 0.2) is 5.60 Å². The number of aliphatic hydroxyl groups excluding tert-OH is 1. The second-order valence-electron chi connectivity index (χ2n) is 13.3. The van der Waals surface area contributed by atoms with E-state index in [-0.39, 0.29) is 34.8 Å². The molecule has 1 fully saturated rings. The maximum Gasteiger partial charge on any atom is 0.343 e. The van der Waals surface area contributed by atoms with Gasteiger partial charge >= 0.3 is 5.97 Å². The van der Waals surface area contributed by atoms with E-state index in [1.165, 1.54) is 23.1 Å². The van der Waals surface area contributed by atoms with Gasteiger partial charge in [0.25, 0.3) is 0 Å². The summed E-state index contributed by atoms with van der Waals surface area (Å²) in [5.74, 6) is -0.238. The molecule has 4 aliphatic rings. The Hall–Kier alpha value is -3.07. The topological polar surface area (TPSA) is 99.5 Å². The summed E-state index contributed by atoms with van der Waals surface area (Å²) in [4.78, 5) is 30.5. The lowest BCUT2D eigenvalue weighted by Gasteiger charge is -2.45. The highest BCUT2D eigenvalue weighted by atomic mass is 35.5. The van der Waals surface area contributed by atoms with Crippen LogP contribution in [-0.4, -0.2) is 73.0 Å². The van der Waals surface area contributed by atoms with Gasteiger partial charge in [0.2, 0.25) is 5.91 Å². The maximum atomic E-state index is 13.5. The quantitative estimate of drug-likeness (QED) is 0.350. The number of fused-ring (bicyclic) bond motifs is 4. The van der Waals surface area contributed by atoms with Crippen LogP contribution in [0.25, 0.3) is 0 Å². The predicted molar refractivity (Wildman–Crippen MR) is 169 cm³/mol. The molecule has 8 nitrogen and oxygen atoms in total. The third-order valence-corrected chi connectivity index (χ3v) is 10.9. The Morgan fingerprint density at radius 3 is 2.75 bits per heavy atom. The first kappa shape index (κ1) is 30.9. The Bertz CT molecular complexity index is 1460. The summed E-state index contributed by atoms with van der Waals surface area (Å²) in [6.45, 7) is 3.75. The molecule has 2 aromatic rings. The molecule has 0 saturated heterocycles. The lowest BCUT2D eigenvalue weighted by Crippen LogP contribution is -2.49. The van der Waals surface area contributed by atoms with Crippen LogP contribution in [-0.2, 0) is 31.8 Å². The molecule has 2 aliphatic heterocycles. The molecule has 2 aromatic carbocycles. The zero-order valence-corrected chi connectivity index (χ0v) is 26.6. The standard InChI is InChI=1S/C35H43ClN2O6/c1-22-6-4-8-30(39)27-12-9-24(27)19-38-20-34(15-5-7-23-16-26(36)11-13-28(23)34)21-44-31-14-10-25(17-29(31)38)35(42,33(41)43-3)18-32(40)37(22)2/h4,8,10-11,13-14,16-17,22,24,27,30,39,42H,5-7,9,12,15,18-21H2,1-3H3/b8-4+/t22-,24-,27+,30-,34-,35+/m0/s1. The molecule has 2 heterocycles. The lowest BCUT2D eigenvalue weighted by atomic mass is 9.68. The number of amides is 1. The number of carbonyl (C=O) groups excluding carboxylic acids is 2. The van der Waals surface area contributed by atoms with Crippen molar-refractivity contribution in [2.45, 2.75) is 75.0 Å². The Morgan fingerprint density at radius 2 is 2.00 bits per heavy atom. The highest BCUT2D eigenvalue weighted by Crippen LogP contribution is 2.47. The number of esters is 1. The predicted octanol–water partition coefficient (Wildman–Crippen LogP) is 4.76. The number of aliphatic hydroxyl groups is 2. The number of methoxy groups -OCH3 is 1. The fourth-order valence-corrected chi connectivity index (χ4v) is 7.89. The van der Waals surface area contributed by atoms with Gasteiger partial charge in [0.1, 0.15) is 5.75 Å². The number of hydrogen-bond donors (Lipinski definition) is 2. The number of nitrogens with zero attached hydrogens (tertiary/aromatic N) is 2. The van der Waals surface area contributed by atoms with Gasteiger partial charge in [0.05, 0.1) is 31.9 Å². The van der Waals surface area contributed by atoms with Crippen LogP contribution in [0.5, 0.6) is 5.75 Å². The van der Waals surface area contributed by atoms with E-state index in [0.717, 1.165) is 42.8 Å². The molecular formula is C35H43ClN2O6. The van der Waals surface area contributed by atoms with E-state index in [1.807, 2.05) is 25.1 Å². The molecule has 0 unspecified atom stereocenters. The van der Waals surface area contributed by atoms with Crippen LogP contribution < -0.4 is 9.64 Å². The fraction of sp³-hybridized carbons (Fsp3) is 0.543. The summed E-state index contributed by atoms with van der Waals surface area (Å²) in [6, 6.07) is 11.2. The van der Waals surface area contributed by atoms with Crippen molar-refractivity contribution in [2.24, 2.45) is 11.8 Å². The van der Waals surface area contributed by atoms with Crippen LogP contribution in [0.4, 0.5) is 5.69 Å². The van der Waals surface area contributed by atoms with E-state index in [1.54, 1.807) is 25.2 Å². The van der Waals surface area contributed by atoms with E-state index in [9.17, 15) is 19.8 Å². The number of aryl methyl sites for hydroxylation is 1. The fourth-order valence-electron chi connectivity index (χ4n) is 7.69. The molecule has 1 spiro atoms. The number of halogens is 1. The van der Waals surface area contributed by atoms with Gasteiger partial charge in [0, 0.05) is 36.6 Å². The van der Waals surface area contributed by atoms with Crippen molar-refractivity contribution in [3.05, 3.63) is 70.3 Å². The van der Waals surface area contributed by atoms with Crippen molar-refractivity contribution in [3.63, 3.8) is 0 Å². The summed E-state index contributed by atoms with van der Waals surface area (Å²) < 4.78 is 11.7. The number of carbonyl (C=O) groups is 2. The molecule has 44 heavy (non-hydrogen) atoms. The van der Waals surface area contributed by atoms with Gasteiger partial charge in [-0.15, -0.1) is 0 Å². The molecule has 6 rings (SSSR count). The third-order valence-electron chi connectivity index (χ3n) is 10.7. The first-order valence-electron chi connectivity index (χ1n) is 15.8. The van der Waals surface area contributed by atoms with Crippen molar-refractivity contribution in [3.8, 4) is 5.75 Å². The lowest BCUT2D eigenvalue weighted by molar-refractivity contribution is -0.168. The summed E-state index contributed by atoms with van der Waals surface area (Å²) in [5.41, 5.74) is 1.07. The van der Waals surface area contributed by atoms with E-state index in [2.05, 4.69) is 17.0 Å². The van der Waals surface area contributed by atoms with Crippen LogP contribution in [0.2, 0.25) is 5.02 Å². The Balaban J connectivity index is 1.47. The van der Waals surface area contributed by atoms with Gasteiger partial charge in [-0.1, -0.05) is 35.9 Å². The number of ether oxygens (including phenoxy) is 2. The van der Waals surface area contributed by atoms with Crippen LogP contribution in [0.3, 0.4) is 0 Å². The molecule has 2 bridgehead atoms. The molecule has 2 N–H and O–H groups in total. The monoisotopic (exact) mass is 622 g/mol. The number of benzene rings is 2. The highest BCUT2D eigenvalue weighted by molar-refractivity contribution is 6.30. The number of anilines is 1. The maximum absolute atomic E-state index is 13.5. The molecule has 236 valence electrons. The molecular weight excluding hydrogens is 580 g/mol. The van der Waals surface area contributed by atoms with Crippen molar-refractivity contribution in [2.75, 3.05) is 38.8 Å². The van der Waals surface area contributed by atoms with Crippen LogP contribution >= 0.6 is 11.6 Å². The van der Waals surface area contributed by atoms with Crippen LogP contribution in [0.15, 0.2) is 48.6 Å². The van der Waals surface area contributed by atoms with Crippen LogP contribution in [0, 0.1) is 11.8 Å². The number of rotatable bonds is 1. The van der Waals surface area contributed by atoms with E-state index >= 15 is 0 Å². The molecule has 2 aliphatic carbocycles. The molecule has 0 aromatic heterocycles. The summed E-state index contributed by atoms with van der Waals surface area (Å²) in [6.07, 6.45) is 8.18. The SMILES string of the molecule is COC(=O)[C@@]1(O)CC(=O)N(C)[C@@H](C)C/C=C/[C@H](O)[C@@H]2CC[C@H]2CN2C[C@@]3(CCCc4cc(Cl)ccc43)COc3ccc1cc32. The van der Waals surface area contributed by atoms with Gasteiger partial charge in [-0.05, 0) is 98.2 Å².